The van der Waals surface area contributed by atoms with Crippen LogP contribution in [0.2, 0.25) is 0 Å². The normalized spacial score (nSPS) is 17.2. The smallest absolute Gasteiger partial charge is 0.322 e. The first-order valence-corrected chi connectivity index (χ1v) is 7.21. The van der Waals surface area contributed by atoms with Crippen molar-refractivity contribution in [3.63, 3.8) is 0 Å². The molecule has 118 valence electrons. The summed E-state index contributed by atoms with van der Waals surface area (Å²) in [6.45, 7) is 10.7. The van der Waals surface area contributed by atoms with Gasteiger partial charge in [0.25, 0.3) is 0 Å². The maximum atomic E-state index is 12.4. The van der Waals surface area contributed by atoms with Crippen molar-refractivity contribution in [2.75, 3.05) is 6.61 Å². The fraction of sp³-hybridized carbons (Fsp3) is 0.846. The Balaban J connectivity index is 5.41. The Morgan fingerprint density at radius 2 is 1.50 bits per heavy atom. The number of hydrogen-bond acceptors (Lipinski definition) is 6. The van der Waals surface area contributed by atoms with Gasteiger partial charge in [-0.25, -0.2) is 4.21 Å². The maximum Gasteiger partial charge on any atom is 0.322 e. The van der Waals surface area contributed by atoms with E-state index in [0.29, 0.717) is 0 Å². The molecule has 0 aliphatic rings. The van der Waals surface area contributed by atoms with E-state index < -0.39 is 46.2 Å². The van der Waals surface area contributed by atoms with Gasteiger partial charge in [-0.1, -0.05) is 20.8 Å². The molecule has 0 fully saturated rings. The Morgan fingerprint density at radius 3 is 1.80 bits per heavy atom. The minimum Gasteiger partial charge on any atom is -0.750 e. The summed E-state index contributed by atoms with van der Waals surface area (Å²) in [5.74, 6) is -1.24. The number of carbonyl (C=O) groups excluding carboxylic acids is 2. The van der Waals surface area contributed by atoms with Crippen LogP contribution < -0.4 is 0 Å². The average Bonchev–Trinajstić information content (AvgIpc) is 2.20. The molecule has 0 bridgehead atoms. The van der Waals surface area contributed by atoms with Crippen molar-refractivity contribution in [3.05, 3.63) is 0 Å². The third-order valence-electron chi connectivity index (χ3n) is 2.48. The average molecular weight is 307 g/mol. The molecule has 0 radical (unpaired) electrons. The predicted molar refractivity (Wildman–Crippen MR) is 73.3 cm³/mol. The highest BCUT2D eigenvalue weighted by Gasteiger charge is 2.48. The summed E-state index contributed by atoms with van der Waals surface area (Å²) in [5, 5.41) is 0. The molecule has 0 aliphatic carbocycles. The van der Waals surface area contributed by atoms with Gasteiger partial charge in [-0.05, 0) is 27.7 Å². The van der Waals surface area contributed by atoms with E-state index in [1.807, 2.05) is 0 Å². The highest BCUT2D eigenvalue weighted by Crippen LogP contribution is 2.32. The molecule has 6 nitrogen and oxygen atoms in total. The molecular formula is C13H23O6S-. The van der Waals surface area contributed by atoms with Crippen LogP contribution >= 0.6 is 0 Å². The zero-order valence-electron chi connectivity index (χ0n) is 13.1. The number of rotatable bonds is 5. The van der Waals surface area contributed by atoms with Crippen LogP contribution in [-0.4, -0.2) is 32.7 Å². The zero-order chi connectivity index (χ0) is 16.4. The van der Waals surface area contributed by atoms with Crippen molar-refractivity contribution in [3.8, 4) is 0 Å². The van der Waals surface area contributed by atoms with Crippen LogP contribution in [0.4, 0.5) is 0 Å². The highest BCUT2D eigenvalue weighted by molar-refractivity contribution is 7.74. The summed E-state index contributed by atoms with van der Waals surface area (Å²) in [6.07, 6.45) is 0. The topological polar surface area (TPSA) is 92.7 Å². The van der Waals surface area contributed by atoms with Crippen LogP contribution in [0.15, 0.2) is 0 Å². The Hall–Kier alpha value is -0.790. The lowest BCUT2D eigenvalue weighted by molar-refractivity contribution is -0.173. The molecule has 0 aromatic rings. The van der Waals surface area contributed by atoms with Crippen molar-refractivity contribution in [2.24, 2.45) is 10.8 Å². The minimum atomic E-state index is -2.81. The standard InChI is InChI=1S/C13H24O6S/c1-11(2,3)9(14)13(7,8-18-20(16)17)10(15)19-12(4,5)6/h8H2,1-7H3,(H,16,17)/p-1. The Morgan fingerprint density at radius 1 is 1.05 bits per heavy atom. The fourth-order valence-corrected chi connectivity index (χ4v) is 1.93. The molecule has 20 heavy (non-hydrogen) atoms. The molecule has 0 amide bonds. The third-order valence-corrected chi connectivity index (χ3v) is 2.79. The van der Waals surface area contributed by atoms with E-state index in [1.54, 1.807) is 41.5 Å². The summed E-state index contributed by atoms with van der Waals surface area (Å²) in [4.78, 5) is 24.7. The lowest BCUT2D eigenvalue weighted by Gasteiger charge is -2.34. The highest BCUT2D eigenvalue weighted by atomic mass is 32.2. The first-order chi connectivity index (χ1) is 8.70. The van der Waals surface area contributed by atoms with Gasteiger partial charge in [-0.3, -0.25) is 13.8 Å². The second-order valence-electron chi connectivity index (χ2n) is 6.88. The van der Waals surface area contributed by atoms with Crippen molar-refractivity contribution in [1.29, 1.82) is 0 Å². The summed E-state index contributed by atoms with van der Waals surface area (Å²) >= 11 is -2.81. The van der Waals surface area contributed by atoms with E-state index in [0.717, 1.165) is 0 Å². The molecule has 0 saturated carbocycles. The fourth-order valence-electron chi connectivity index (χ4n) is 1.60. The summed E-state index contributed by atoms with van der Waals surface area (Å²) in [5.41, 5.74) is -3.29. The molecular weight excluding hydrogens is 284 g/mol. The SMILES string of the molecule is CC(C)(C)OC(=O)C(C)(COS(=O)[O-])C(=O)C(C)(C)C. The van der Waals surface area contributed by atoms with E-state index in [9.17, 15) is 18.4 Å². The van der Waals surface area contributed by atoms with Gasteiger partial charge in [0.15, 0.2) is 5.78 Å². The number of ketones is 1. The Bertz CT molecular complexity index is 404. The Kier molecular flexibility index (Phi) is 6.07. The number of esters is 1. The van der Waals surface area contributed by atoms with E-state index in [2.05, 4.69) is 4.18 Å². The van der Waals surface area contributed by atoms with Gasteiger partial charge in [0.05, 0.1) is 18.0 Å². The number of Topliss-reactive ketones (excluding diaryl/α,β-unsaturated/α-hetero) is 1. The van der Waals surface area contributed by atoms with Gasteiger partial charge < -0.3 is 9.29 Å². The lowest BCUT2D eigenvalue weighted by Crippen LogP contribution is -2.49. The van der Waals surface area contributed by atoms with E-state index >= 15 is 0 Å². The second-order valence-corrected chi connectivity index (χ2v) is 7.52. The van der Waals surface area contributed by atoms with Crippen LogP contribution in [-0.2, 0) is 29.9 Å². The van der Waals surface area contributed by atoms with Gasteiger partial charge in [0.2, 0.25) is 0 Å². The first kappa shape index (κ1) is 19.2. The first-order valence-electron chi connectivity index (χ1n) is 6.21. The predicted octanol–water partition coefficient (Wildman–Crippen LogP) is 1.76. The van der Waals surface area contributed by atoms with E-state index in [1.165, 1.54) is 6.92 Å². The monoisotopic (exact) mass is 307 g/mol. The number of carbonyl (C=O) groups is 2. The number of ether oxygens (including phenoxy) is 1. The molecule has 2 atom stereocenters. The van der Waals surface area contributed by atoms with Crippen LogP contribution in [0.5, 0.6) is 0 Å². The summed E-state index contributed by atoms with van der Waals surface area (Å²) < 4.78 is 30.7. The van der Waals surface area contributed by atoms with E-state index in [4.69, 9.17) is 4.74 Å². The Labute approximate surface area is 122 Å². The summed E-state index contributed by atoms with van der Waals surface area (Å²) in [6, 6.07) is 0. The van der Waals surface area contributed by atoms with Crippen LogP contribution in [0.1, 0.15) is 48.5 Å². The van der Waals surface area contributed by atoms with Gasteiger partial charge >= 0.3 is 5.97 Å². The zero-order valence-corrected chi connectivity index (χ0v) is 13.9. The second kappa shape index (κ2) is 6.32. The molecule has 0 aromatic carbocycles. The maximum absolute atomic E-state index is 12.4. The van der Waals surface area contributed by atoms with Gasteiger partial charge in [0, 0.05) is 5.41 Å². The van der Waals surface area contributed by atoms with Crippen molar-refractivity contribution < 1.29 is 27.3 Å². The van der Waals surface area contributed by atoms with Crippen LogP contribution in [0, 0.1) is 10.8 Å². The van der Waals surface area contributed by atoms with Crippen molar-refractivity contribution >= 4 is 23.1 Å². The van der Waals surface area contributed by atoms with Crippen LogP contribution in [0.3, 0.4) is 0 Å². The largest absolute Gasteiger partial charge is 0.750 e. The number of hydrogen-bond donors (Lipinski definition) is 0. The molecule has 0 aromatic heterocycles. The lowest BCUT2D eigenvalue weighted by atomic mass is 9.74. The minimum absolute atomic E-state index is 0.440. The van der Waals surface area contributed by atoms with E-state index in [-0.39, 0.29) is 0 Å². The molecule has 0 heterocycles. The molecule has 2 unspecified atom stereocenters. The molecule has 0 saturated heterocycles. The quantitative estimate of drug-likeness (QED) is 0.436. The molecule has 7 heteroatoms. The van der Waals surface area contributed by atoms with Crippen molar-refractivity contribution in [1.82, 2.24) is 0 Å². The summed E-state index contributed by atoms with van der Waals surface area (Å²) in [7, 11) is 0. The van der Waals surface area contributed by atoms with Gasteiger partial charge in [0.1, 0.15) is 11.0 Å². The molecule has 0 N–H and O–H groups in total. The molecule has 0 spiro atoms. The van der Waals surface area contributed by atoms with Gasteiger partial charge in [-0.15, -0.1) is 0 Å². The molecule has 0 rings (SSSR count). The van der Waals surface area contributed by atoms with Crippen LogP contribution in [0.25, 0.3) is 0 Å². The third kappa shape index (κ3) is 5.68. The van der Waals surface area contributed by atoms with Gasteiger partial charge in [-0.2, -0.15) is 0 Å². The molecule has 0 aliphatic heterocycles. The van der Waals surface area contributed by atoms with Crippen molar-refractivity contribution in [2.45, 2.75) is 54.1 Å².